The molecule has 1 N–H and O–H groups in total. The summed E-state index contributed by atoms with van der Waals surface area (Å²) in [6.07, 6.45) is 0. The van der Waals surface area contributed by atoms with E-state index in [4.69, 9.17) is 11.6 Å². The summed E-state index contributed by atoms with van der Waals surface area (Å²) in [5, 5.41) is 21.5. The third kappa shape index (κ3) is 2.10. The number of aromatic amines is 1. The van der Waals surface area contributed by atoms with E-state index in [1.54, 1.807) is 4.52 Å². The summed E-state index contributed by atoms with van der Waals surface area (Å²) in [5.41, 5.74) is 2.72. The Kier molecular flexibility index (Phi) is 2.76. The Balaban J connectivity index is 1.84. The maximum atomic E-state index is 5.91. The molecule has 0 unspecified atom stereocenters. The molecule has 0 spiro atoms. The zero-order chi connectivity index (χ0) is 14.4. The van der Waals surface area contributed by atoms with Crippen LogP contribution < -0.4 is 0 Å². The predicted octanol–water partition coefficient (Wildman–Crippen LogP) is 3.20. The van der Waals surface area contributed by atoms with Gasteiger partial charge in [0.2, 0.25) is 4.96 Å². The fourth-order valence-corrected chi connectivity index (χ4v) is 2.95. The molecular formula is C13H9ClN6S. The number of nitrogens with one attached hydrogen (secondary N) is 1. The molecule has 4 aromatic rings. The molecule has 0 radical (unpaired) electrons. The van der Waals surface area contributed by atoms with E-state index in [1.807, 2.05) is 37.3 Å². The van der Waals surface area contributed by atoms with Crippen LogP contribution in [0, 0.1) is 6.92 Å². The number of rotatable bonds is 2. The lowest BCUT2D eigenvalue weighted by molar-refractivity contribution is 0.962. The minimum atomic E-state index is 0.686. The van der Waals surface area contributed by atoms with Crippen molar-refractivity contribution in [3.05, 3.63) is 41.0 Å². The second-order valence-corrected chi connectivity index (χ2v) is 5.96. The summed E-state index contributed by atoms with van der Waals surface area (Å²) >= 11 is 7.36. The van der Waals surface area contributed by atoms with Gasteiger partial charge in [-0.05, 0) is 37.3 Å². The van der Waals surface area contributed by atoms with Crippen LogP contribution in [0.25, 0.3) is 27.1 Å². The number of hydrogen-bond acceptors (Lipinski definition) is 5. The molecule has 0 saturated carbocycles. The normalized spacial score (nSPS) is 11.3. The summed E-state index contributed by atoms with van der Waals surface area (Å²) in [5.74, 6) is 0.691. The molecule has 21 heavy (non-hydrogen) atoms. The van der Waals surface area contributed by atoms with Crippen LogP contribution in [-0.4, -0.2) is 30.0 Å². The van der Waals surface area contributed by atoms with Crippen molar-refractivity contribution < 1.29 is 0 Å². The minimum Gasteiger partial charge on any atom is -0.282 e. The SMILES string of the molecule is Cc1cc(-c2nn3c(-c4ccc(Cl)cc4)nnc3s2)n[nH]1. The Labute approximate surface area is 128 Å². The maximum Gasteiger partial charge on any atom is 0.235 e. The molecule has 1 aromatic carbocycles. The Morgan fingerprint density at radius 2 is 2.00 bits per heavy atom. The first kappa shape index (κ1) is 12.5. The van der Waals surface area contributed by atoms with Crippen LogP contribution in [0.3, 0.4) is 0 Å². The van der Waals surface area contributed by atoms with Gasteiger partial charge in [-0.2, -0.15) is 14.7 Å². The number of aryl methyl sites for hydroxylation is 1. The molecule has 0 bridgehead atoms. The van der Waals surface area contributed by atoms with Crippen molar-refractivity contribution in [2.75, 3.05) is 0 Å². The van der Waals surface area contributed by atoms with E-state index in [-0.39, 0.29) is 0 Å². The van der Waals surface area contributed by atoms with E-state index < -0.39 is 0 Å². The zero-order valence-electron chi connectivity index (χ0n) is 10.9. The van der Waals surface area contributed by atoms with Crippen LogP contribution in [0.1, 0.15) is 5.69 Å². The van der Waals surface area contributed by atoms with Gasteiger partial charge in [-0.1, -0.05) is 22.9 Å². The van der Waals surface area contributed by atoms with Crippen molar-refractivity contribution in [2.24, 2.45) is 0 Å². The van der Waals surface area contributed by atoms with Crippen LogP contribution in [0.4, 0.5) is 0 Å². The molecule has 8 heteroatoms. The van der Waals surface area contributed by atoms with E-state index >= 15 is 0 Å². The lowest BCUT2D eigenvalue weighted by Gasteiger charge is -1.96. The van der Waals surface area contributed by atoms with E-state index in [2.05, 4.69) is 25.5 Å². The standard InChI is InChI=1S/C13H9ClN6S/c1-7-6-10(16-15-7)12-19-20-11(17-18-13(20)21-12)8-2-4-9(14)5-3-8/h2-6H,1H3,(H,15,16). The molecule has 4 rings (SSSR count). The van der Waals surface area contributed by atoms with Crippen LogP contribution >= 0.6 is 22.9 Å². The van der Waals surface area contributed by atoms with Crippen molar-refractivity contribution in [3.63, 3.8) is 0 Å². The van der Waals surface area contributed by atoms with Gasteiger partial charge in [0, 0.05) is 16.3 Å². The molecular weight excluding hydrogens is 308 g/mol. The van der Waals surface area contributed by atoms with E-state index in [9.17, 15) is 0 Å². The lowest BCUT2D eigenvalue weighted by Crippen LogP contribution is -1.90. The molecule has 0 aliphatic heterocycles. The van der Waals surface area contributed by atoms with Crippen molar-refractivity contribution in [2.45, 2.75) is 6.92 Å². The molecule has 6 nitrogen and oxygen atoms in total. The first-order valence-electron chi connectivity index (χ1n) is 6.21. The molecule has 0 fully saturated rings. The molecule has 0 amide bonds. The van der Waals surface area contributed by atoms with Gasteiger partial charge in [0.15, 0.2) is 10.8 Å². The van der Waals surface area contributed by atoms with Crippen LogP contribution in [0.15, 0.2) is 30.3 Å². The first-order chi connectivity index (χ1) is 10.2. The van der Waals surface area contributed by atoms with Gasteiger partial charge in [0.1, 0.15) is 5.69 Å². The summed E-state index contributed by atoms with van der Waals surface area (Å²) < 4.78 is 1.73. The highest BCUT2D eigenvalue weighted by molar-refractivity contribution is 7.19. The summed E-state index contributed by atoms with van der Waals surface area (Å²) in [7, 11) is 0. The van der Waals surface area contributed by atoms with Gasteiger partial charge in [0.05, 0.1) is 0 Å². The fraction of sp³-hybridized carbons (Fsp3) is 0.0769. The highest BCUT2D eigenvalue weighted by Gasteiger charge is 2.15. The van der Waals surface area contributed by atoms with Crippen LogP contribution in [0.2, 0.25) is 5.02 Å². The Morgan fingerprint density at radius 1 is 1.19 bits per heavy atom. The Bertz CT molecular complexity index is 920. The number of benzene rings is 1. The fourth-order valence-electron chi connectivity index (χ4n) is 2.03. The summed E-state index contributed by atoms with van der Waals surface area (Å²) in [6, 6.07) is 9.39. The lowest BCUT2D eigenvalue weighted by atomic mass is 10.2. The van der Waals surface area contributed by atoms with Gasteiger partial charge in [-0.15, -0.1) is 10.2 Å². The highest BCUT2D eigenvalue weighted by Crippen LogP contribution is 2.27. The van der Waals surface area contributed by atoms with Crippen molar-refractivity contribution in [1.82, 2.24) is 30.0 Å². The Hall–Kier alpha value is -2.25. The largest absolute Gasteiger partial charge is 0.282 e. The smallest absolute Gasteiger partial charge is 0.235 e. The second-order valence-electron chi connectivity index (χ2n) is 4.57. The van der Waals surface area contributed by atoms with Gasteiger partial charge >= 0.3 is 0 Å². The number of aromatic nitrogens is 6. The highest BCUT2D eigenvalue weighted by atomic mass is 35.5. The number of hydrogen-bond donors (Lipinski definition) is 1. The van der Waals surface area contributed by atoms with Gasteiger partial charge in [0.25, 0.3) is 0 Å². The van der Waals surface area contributed by atoms with Gasteiger partial charge in [-0.3, -0.25) is 5.10 Å². The summed E-state index contributed by atoms with van der Waals surface area (Å²) in [6.45, 7) is 1.95. The van der Waals surface area contributed by atoms with Crippen molar-refractivity contribution in [1.29, 1.82) is 0 Å². The van der Waals surface area contributed by atoms with Gasteiger partial charge in [-0.25, -0.2) is 0 Å². The second kappa shape index (κ2) is 4.64. The molecule has 0 saturated heterocycles. The topological polar surface area (TPSA) is 71.8 Å². The monoisotopic (exact) mass is 316 g/mol. The minimum absolute atomic E-state index is 0.686. The number of nitrogens with zero attached hydrogens (tertiary/aromatic N) is 5. The maximum absolute atomic E-state index is 5.91. The van der Waals surface area contributed by atoms with Crippen molar-refractivity contribution in [3.8, 4) is 22.1 Å². The zero-order valence-corrected chi connectivity index (χ0v) is 12.5. The third-order valence-corrected chi connectivity index (χ3v) is 4.19. The number of halogens is 1. The van der Waals surface area contributed by atoms with Crippen LogP contribution in [0.5, 0.6) is 0 Å². The summed E-state index contributed by atoms with van der Waals surface area (Å²) in [4.78, 5) is 0.732. The molecule has 3 heterocycles. The third-order valence-electron chi connectivity index (χ3n) is 3.02. The molecule has 0 atom stereocenters. The number of fused-ring (bicyclic) bond motifs is 1. The quantitative estimate of drug-likeness (QED) is 0.616. The molecule has 0 aliphatic carbocycles. The molecule has 104 valence electrons. The van der Waals surface area contributed by atoms with E-state index in [1.165, 1.54) is 11.3 Å². The van der Waals surface area contributed by atoms with Gasteiger partial charge < -0.3 is 0 Å². The first-order valence-corrected chi connectivity index (χ1v) is 7.41. The molecule has 0 aliphatic rings. The van der Waals surface area contributed by atoms with E-state index in [0.29, 0.717) is 10.8 Å². The average Bonchev–Trinajstić information content (AvgIpc) is 3.14. The van der Waals surface area contributed by atoms with Crippen LogP contribution in [-0.2, 0) is 0 Å². The average molecular weight is 317 g/mol. The predicted molar refractivity (Wildman–Crippen MR) is 81.4 cm³/mol. The molecule has 3 aromatic heterocycles. The van der Waals surface area contributed by atoms with Crippen molar-refractivity contribution >= 4 is 27.9 Å². The number of H-pyrrole nitrogens is 1. The Morgan fingerprint density at radius 3 is 2.71 bits per heavy atom. The van der Waals surface area contributed by atoms with E-state index in [0.717, 1.165) is 26.9 Å².